The van der Waals surface area contributed by atoms with E-state index in [1.54, 1.807) is 24.4 Å². The maximum absolute atomic E-state index is 12.2. The number of carbonyl (C=O) groups is 1. The number of anilines is 1. The standard InChI is InChI=1S/C20H26N4O2/c1-3-24(20-10-6-7-16(15-21)22-20)14-13-23(2)12-11-19(26)17-8-4-5-9-18(17)25/h4-12,25H,3,13-15,21H2,1-2H3/b12-11+. The summed E-state index contributed by atoms with van der Waals surface area (Å²) in [6.07, 6.45) is 3.20. The molecule has 26 heavy (non-hydrogen) atoms. The molecule has 0 saturated heterocycles. The molecule has 1 aromatic carbocycles. The van der Waals surface area contributed by atoms with Crippen LogP contribution < -0.4 is 10.6 Å². The van der Waals surface area contributed by atoms with Crippen molar-refractivity contribution < 1.29 is 9.90 Å². The van der Waals surface area contributed by atoms with Gasteiger partial charge in [0.05, 0.1) is 11.3 Å². The number of allylic oxidation sites excluding steroid dienone is 1. The molecule has 6 heteroatoms. The number of hydrogen-bond donors (Lipinski definition) is 2. The fraction of sp³-hybridized carbons (Fsp3) is 0.300. The van der Waals surface area contributed by atoms with E-state index in [1.807, 2.05) is 30.1 Å². The fourth-order valence-corrected chi connectivity index (χ4v) is 2.51. The second-order valence-electron chi connectivity index (χ2n) is 5.95. The molecule has 0 bridgehead atoms. The van der Waals surface area contributed by atoms with Crippen LogP contribution in [-0.4, -0.2) is 47.5 Å². The minimum Gasteiger partial charge on any atom is -0.507 e. The van der Waals surface area contributed by atoms with Crippen LogP contribution >= 0.6 is 0 Å². The number of carbonyl (C=O) groups excluding carboxylic acids is 1. The number of nitrogens with two attached hydrogens (primary N) is 1. The van der Waals surface area contributed by atoms with Crippen LogP contribution in [0.4, 0.5) is 5.82 Å². The highest BCUT2D eigenvalue weighted by Crippen LogP contribution is 2.16. The molecule has 6 nitrogen and oxygen atoms in total. The monoisotopic (exact) mass is 354 g/mol. The number of aromatic hydroxyl groups is 1. The van der Waals surface area contributed by atoms with E-state index in [-0.39, 0.29) is 11.5 Å². The molecule has 3 N–H and O–H groups in total. The predicted octanol–water partition coefficient (Wildman–Crippen LogP) is 2.40. The van der Waals surface area contributed by atoms with Crippen LogP contribution in [0.1, 0.15) is 23.0 Å². The average molecular weight is 354 g/mol. The molecular weight excluding hydrogens is 328 g/mol. The highest BCUT2D eigenvalue weighted by Gasteiger charge is 2.09. The third-order valence-electron chi connectivity index (χ3n) is 4.08. The Bertz CT molecular complexity index is 761. The minimum atomic E-state index is -0.223. The highest BCUT2D eigenvalue weighted by atomic mass is 16.3. The summed E-state index contributed by atoms with van der Waals surface area (Å²) in [6.45, 7) is 4.82. The number of aromatic nitrogens is 1. The van der Waals surface area contributed by atoms with Crippen molar-refractivity contribution in [3.63, 3.8) is 0 Å². The van der Waals surface area contributed by atoms with Crippen LogP contribution in [0.15, 0.2) is 54.7 Å². The lowest BCUT2D eigenvalue weighted by molar-refractivity contribution is 0.104. The van der Waals surface area contributed by atoms with Crippen molar-refractivity contribution in [2.45, 2.75) is 13.5 Å². The second kappa shape index (κ2) is 9.58. The first kappa shape index (κ1) is 19.5. The topological polar surface area (TPSA) is 82.7 Å². The Morgan fingerprint density at radius 3 is 2.65 bits per heavy atom. The van der Waals surface area contributed by atoms with Gasteiger partial charge in [0.15, 0.2) is 5.78 Å². The Hall–Kier alpha value is -2.86. The SMILES string of the molecule is CCN(CCN(C)/C=C/C(=O)c1ccccc1O)c1cccc(CN)n1. The van der Waals surface area contributed by atoms with Crippen molar-refractivity contribution >= 4 is 11.6 Å². The molecule has 1 heterocycles. The van der Waals surface area contributed by atoms with E-state index in [4.69, 9.17) is 5.73 Å². The summed E-state index contributed by atoms with van der Waals surface area (Å²) in [7, 11) is 1.91. The van der Waals surface area contributed by atoms with Crippen molar-refractivity contribution in [1.82, 2.24) is 9.88 Å². The van der Waals surface area contributed by atoms with Gasteiger partial charge in [0.25, 0.3) is 0 Å². The van der Waals surface area contributed by atoms with Gasteiger partial charge in [-0.05, 0) is 31.2 Å². The zero-order valence-electron chi connectivity index (χ0n) is 15.3. The molecule has 138 valence electrons. The summed E-state index contributed by atoms with van der Waals surface area (Å²) in [4.78, 5) is 20.8. The van der Waals surface area contributed by atoms with Gasteiger partial charge in [-0.25, -0.2) is 4.98 Å². The van der Waals surface area contributed by atoms with E-state index in [1.165, 1.54) is 12.1 Å². The molecular formula is C20H26N4O2. The maximum Gasteiger partial charge on any atom is 0.190 e. The van der Waals surface area contributed by atoms with Crippen LogP contribution in [0.5, 0.6) is 5.75 Å². The molecule has 1 aromatic heterocycles. The lowest BCUT2D eigenvalue weighted by atomic mass is 10.1. The van der Waals surface area contributed by atoms with Gasteiger partial charge in [-0.3, -0.25) is 4.79 Å². The fourth-order valence-electron chi connectivity index (χ4n) is 2.51. The summed E-state index contributed by atoms with van der Waals surface area (Å²) in [5, 5.41) is 9.73. The van der Waals surface area contributed by atoms with Gasteiger partial charge in [-0.1, -0.05) is 18.2 Å². The zero-order valence-corrected chi connectivity index (χ0v) is 15.3. The van der Waals surface area contributed by atoms with E-state index in [9.17, 15) is 9.90 Å². The van der Waals surface area contributed by atoms with Crippen molar-refractivity contribution in [1.29, 1.82) is 0 Å². The van der Waals surface area contributed by atoms with E-state index in [2.05, 4.69) is 16.8 Å². The van der Waals surface area contributed by atoms with Crippen LogP contribution in [0.3, 0.4) is 0 Å². The molecule has 0 atom stereocenters. The van der Waals surface area contributed by atoms with Crippen molar-refractivity contribution in [2.24, 2.45) is 5.73 Å². The minimum absolute atomic E-state index is 0.00665. The van der Waals surface area contributed by atoms with Gasteiger partial charge in [0.2, 0.25) is 0 Å². The van der Waals surface area contributed by atoms with Crippen molar-refractivity contribution in [3.05, 3.63) is 66.0 Å². The lowest BCUT2D eigenvalue weighted by Gasteiger charge is -2.25. The summed E-state index contributed by atoms with van der Waals surface area (Å²) in [5.41, 5.74) is 6.83. The number of ketones is 1. The van der Waals surface area contributed by atoms with E-state index < -0.39 is 0 Å². The van der Waals surface area contributed by atoms with Gasteiger partial charge in [0.1, 0.15) is 11.6 Å². The highest BCUT2D eigenvalue weighted by molar-refractivity contribution is 6.06. The Labute approximate surface area is 154 Å². The summed E-state index contributed by atoms with van der Waals surface area (Å²) < 4.78 is 0. The predicted molar refractivity (Wildman–Crippen MR) is 104 cm³/mol. The zero-order chi connectivity index (χ0) is 18.9. The molecule has 0 amide bonds. The van der Waals surface area contributed by atoms with Gasteiger partial charge in [-0.15, -0.1) is 0 Å². The molecule has 0 unspecified atom stereocenters. The molecule has 0 fully saturated rings. The quantitative estimate of drug-likeness (QED) is 0.531. The van der Waals surface area contributed by atoms with Gasteiger partial charge < -0.3 is 20.6 Å². The first-order valence-electron chi connectivity index (χ1n) is 8.66. The lowest BCUT2D eigenvalue weighted by Crippen LogP contribution is -2.32. The van der Waals surface area contributed by atoms with Gasteiger partial charge in [0, 0.05) is 45.5 Å². The number of phenols is 1. The van der Waals surface area contributed by atoms with Crippen LogP contribution in [-0.2, 0) is 6.54 Å². The largest absolute Gasteiger partial charge is 0.507 e. The number of benzene rings is 1. The molecule has 0 spiro atoms. The Morgan fingerprint density at radius 1 is 1.19 bits per heavy atom. The molecule has 2 rings (SSSR count). The first-order valence-corrected chi connectivity index (χ1v) is 8.66. The number of likely N-dealkylation sites (N-methyl/N-ethyl adjacent to an activating group) is 2. The van der Waals surface area contributed by atoms with Gasteiger partial charge in [-0.2, -0.15) is 0 Å². The summed E-state index contributed by atoms with van der Waals surface area (Å²) in [5.74, 6) is 0.672. The molecule has 0 aliphatic rings. The van der Waals surface area contributed by atoms with Crippen molar-refractivity contribution in [3.8, 4) is 5.75 Å². The van der Waals surface area contributed by atoms with E-state index in [0.717, 1.165) is 31.1 Å². The average Bonchev–Trinajstić information content (AvgIpc) is 2.67. The Kier molecular flexibility index (Phi) is 7.17. The van der Waals surface area contributed by atoms with E-state index >= 15 is 0 Å². The third kappa shape index (κ3) is 5.32. The van der Waals surface area contributed by atoms with E-state index in [0.29, 0.717) is 12.1 Å². The summed E-state index contributed by atoms with van der Waals surface area (Å²) in [6, 6.07) is 12.4. The Morgan fingerprint density at radius 2 is 1.96 bits per heavy atom. The molecule has 0 radical (unpaired) electrons. The summed E-state index contributed by atoms with van der Waals surface area (Å²) >= 11 is 0. The second-order valence-corrected chi connectivity index (χ2v) is 5.95. The number of para-hydroxylation sites is 1. The number of phenolic OH excluding ortho intramolecular Hbond substituents is 1. The molecule has 0 aliphatic heterocycles. The van der Waals surface area contributed by atoms with Crippen molar-refractivity contribution in [2.75, 3.05) is 31.6 Å². The van der Waals surface area contributed by atoms with Crippen LogP contribution in [0, 0.1) is 0 Å². The first-order chi connectivity index (χ1) is 12.5. The maximum atomic E-state index is 12.2. The molecule has 2 aromatic rings. The van der Waals surface area contributed by atoms with Gasteiger partial charge >= 0.3 is 0 Å². The number of pyridine rings is 1. The smallest absolute Gasteiger partial charge is 0.190 e. The Balaban J connectivity index is 1.93. The van der Waals surface area contributed by atoms with Crippen LogP contribution in [0.25, 0.3) is 0 Å². The normalized spacial score (nSPS) is 10.9. The number of rotatable bonds is 9. The molecule has 0 saturated carbocycles. The van der Waals surface area contributed by atoms with Crippen LogP contribution in [0.2, 0.25) is 0 Å². The number of hydrogen-bond acceptors (Lipinski definition) is 6. The molecule has 0 aliphatic carbocycles. The number of nitrogens with zero attached hydrogens (tertiary/aromatic N) is 3. The third-order valence-corrected chi connectivity index (χ3v) is 4.08.